The molecule has 0 fully saturated rings. The molecule has 9 heteroatoms. The Morgan fingerprint density at radius 1 is 1.11 bits per heavy atom. The summed E-state index contributed by atoms with van der Waals surface area (Å²) in [7, 11) is 0. The predicted molar refractivity (Wildman–Crippen MR) is 148 cm³/mol. The van der Waals surface area contributed by atoms with Crippen LogP contribution in [0.2, 0.25) is 0 Å². The molecule has 2 aromatic carbocycles. The lowest BCUT2D eigenvalue weighted by molar-refractivity contribution is 0.0991. The summed E-state index contributed by atoms with van der Waals surface area (Å²) in [4.78, 5) is 4.57. The second-order valence-electron chi connectivity index (χ2n) is 9.57. The minimum absolute atomic E-state index is 0.217. The van der Waals surface area contributed by atoms with Gasteiger partial charge in [-0.1, -0.05) is 36.4 Å². The highest BCUT2D eigenvalue weighted by Gasteiger charge is 2.22. The fourth-order valence-corrected chi connectivity index (χ4v) is 5.09. The molecule has 0 spiro atoms. The van der Waals surface area contributed by atoms with E-state index in [9.17, 15) is 5.11 Å². The first kappa shape index (κ1) is 24.9. The smallest absolute Gasteiger partial charge is 0.197 e. The largest absolute Gasteiger partial charge is 0.490 e. The van der Waals surface area contributed by atoms with Gasteiger partial charge in [-0.15, -0.1) is 21.5 Å². The van der Waals surface area contributed by atoms with Crippen LogP contribution in [-0.4, -0.2) is 55.5 Å². The van der Waals surface area contributed by atoms with Crippen molar-refractivity contribution in [3.63, 3.8) is 0 Å². The summed E-state index contributed by atoms with van der Waals surface area (Å²) in [6.07, 6.45) is 6.01. The highest BCUT2D eigenvalue weighted by atomic mass is 32.1. The minimum atomic E-state index is -0.638. The van der Waals surface area contributed by atoms with Gasteiger partial charge in [0.1, 0.15) is 18.5 Å². The van der Waals surface area contributed by atoms with E-state index in [0.717, 1.165) is 33.7 Å². The highest BCUT2D eigenvalue weighted by molar-refractivity contribution is 7.13. The number of H-pyrrole nitrogens is 2. The van der Waals surface area contributed by atoms with Crippen LogP contribution in [0.5, 0.6) is 5.75 Å². The number of aliphatic hydroxyl groups excluding tert-OH is 1. The van der Waals surface area contributed by atoms with E-state index >= 15 is 0 Å². The third-order valence-corrected chi connectivity index (χ3v) is 7.06. The van der Waals surface area contributed by atoms with Crippen molar-refractivity contribution in [2.45, 2.75) is 31.9 Å². The molecule has 8 nitrogen and oxygen atoms in total. The third-order valence-electron chi connectivity index (χ3n) is 6.16. The standard InChI is InChI=1S/C28H30N6O2S/c1-28(2,30-17-21(35)18-36-24-10-4-3-8-23(24)25-11-6-14-37-25)15-20-16-29-27-19(7-5-9-22(20)27)12-13-26-31-33-34-32-26/h3-14,16,21,29-30,35H,15,17-18H2,1-2H3,(H,31,32,33,34)/t21-/m0/s1. The van der Waals surface area contributed by atoms with Crippen LogP contribution in [0.1, 0.15) is 30.8 Å². The molecule has 190 valence electrons. The van der Waals surface area contributed by atoms with Crippen LogP contribution in [0.3, 0.4) is 0 Å². The van der Waals surface area contributed by atoms with Crippen LogP contribution >= 0.6 is 11.3 Å². The third kappa shape index (κ3) is 6.14. The van der Waals surface area contributed by atoms with E-state index in [0.29, 0.717) is 12.4 Å². The maximum atomic E-state index is 10.7. The maximum absolute atomic E-state index is 10.7. The lowest BCUT2D eigenvalue weighted by Crippen LogP contribution is -2.46. The fourth-order valence-electron chi connectivity index (χ4n) is 4.33. The van der Waals surface area contributed by atoms with E-state index in [1.54, 1.807) is 11.3 Å². The van der Waals surface area contributed by atoms with Crippen molar-refractivity contribution < 1.29 is 9.84 Å². The first-order chi connectivity index (χ1) is 18.0. The summed E-state index contributed by atoms with van der Waals surface area (Å²) < 4.78 is 6.00. The number of thiophene rings is 1. The lowest BCUT2D eigenvalue weighted by Gasteiger charge is -2.28. The van der Waals surface area contributed by atoms with Crippen molar-refractivity contribution in [3.05, 3.63) is 83.1 Å². The molecule has 0 saturated carbocycles. The average Bonchev–Trinajstić information content (AvgIpc) is 3.68. The second-order valence-corrected chi connectivity index (χ2v) is 10.5. The van der Waals surface area contributed by atoms with Crippen LogP contribution in [0, 0.1) is 0 Å². The number of aromatic amines is 2. The van der Waals surface area contributed by atoms with Gasteiger partial charge in [0.15, 0.2) is 5.82 Å². The van der Waals surface area contributed by atoms with Crippen LogP contribution in [0.15, 0.2) is 66.2 Å². The summed E-state index contributed by atoms with van der Waals surface area (Å²) >= 11 is 1.67. The summed E-state index contributed by atoms with van der Waals surface area (Å²) in [5.74, 6) is 1.32. The molecule has 5 rings (SSSR count). The molecule has 0 aliphatic carbocycles. The number of rotatable bonds is 11. The first-order valence-electron chi connectivity index (χ1n) is 12.2. The number of β-amino-alcohol motifs (C(OH)–C–C–N with tert-alkyl or cyclic N) is 1. The van der Waals surface area contributed by atoms with Crippen molar-refractivity contribution in [1.29, 1.82) is 0 Å². The molecule has 0 aliphatic rings. The van der Waals surface area contributed by atoms with Gasteiger partial charge < -0.3 is 20.1 Å². The topological polar surface area (TPSA) is 112 Å². The van der Waals surface area contributed by atoms with Crippen LogP contribution < -0.4 is 10.1 Å². The molecule has 37 heavy (non-hydrogen) atoms. The van der Waals surface area contributed by atoms with Crippen molar-refractivity contribution in [3.8, 4) is 16.2 Å². The monoisotopic (exact) mass is 514 g/mol. The van der Waals surface area contributed by atoms with Crippen LogP contribution in [0.4, 0.5) is 0 Å². The van der Waals surface area contributed by atoms with Gasteiger partial charge >= 0.3 is 0 Å². The normalized spacial score (nSPS) is 12.9. The van der Waals surface area contributed by atoms with Crippen molar-refractivity contribution in [2.75, 3.05) is 13.2 Å². The number of tetrazole rings is 1. The van der Waals surface area contributed by atoms with Crippen molar-refractivity contribution in [1.82, 2.24) is 30.9 Å². The molecule has 0 saturated heterocycles. The van der Waals surface area contributed by atoms with Gasteiger partial charge in [0.05, 0.1) is 5.52 Å². The Morgan fingerprint density at radius 3 is 2.81 bits per heavy atom. The second kappa shape index (κ2) is 11.1. The van der Waals surface area contributed by atoms with E-state index < -0.39 is 6.10 Å². The molecular weight excluding hydrogens is 484 g/mol. The number of fused-ring (bicyclic) bond motifs is 1. The zero-order valence-electron chi connectivity index (χ0n) is 20.8. The SMILES string of the molecule is CC(C)(Cc1c[nH]c2c(C=Cc3nn[nH]n3)cccc12)NC[C@H](O)COc1ccccc1-c1cccs1. The van der Waals surface area contributed by atoms with E-state index in [-0.39, 0.29) is 12.1 Å². The lowest BCUT2D eigenvalue weighted by atomic mass is 9.94. The summed E-state index contributed by atoms with van der Waals surface area (Å²) in [6.45, 7) is 4.93. The number of hydrogen-bond acceptors (Lipinski definition) is 7. The van der Waals surface area contributed by atoms with Gasteiger partial charge in [-0.3, -0.25) is 0 Å². The Morgan fingerprint density at radius 2 is 2.00 bits per heavy atom. The Hall–Kier alpha value is -3.79. The van der Waals surface area contributed by atoms with Gasteiger partial charge in [0, 0.05) is 34.1 Å². The average molecular weight is 515 g/mol. The number of hydrogen-bond donors (Lipinski definition) is 4. The Kier molecular flexibility index (Phi) is 7.45. The molecule has 0 amide bonds. The van der Waals surface area contributed by atoms with E-state index in [1.165, 1.54) is 10.9 Å². The van der Waals surface area contributed by atoms with Crippen LogP contribution in [0.25, 0.3) is 33.5 Å². The van der Waals surface area contributed by atoms with Gasteiger partial charge in [0.25, 0.3) is 0 Å². The Balaban J connectivity index is 1.19. The summed E-state index contributed by atoms with van der Waals surface area (Å²) in [5, 5.41) is 31.4. The van der Waals surface area contributed by atoms with Gasteiger partial charge in [-0.05, 0) is 72.3 Å². The number of benzene rings is 2. The molecule has 1 atom stereocenters. The minimum Gasteiger partial charge on any atom is -0.490 e. The number of aromatic nitrogens is 5. The number of aliphatic hydroxyl groups is 1. The van der Waals surface area contributed by atoms with Gasteiger partial charge in [-0.25, -0.2) is 0 Å². The number of nitrogens with zero attached hydrogens (tertiary/aromatic N) is 3. The molecule has 3 aromatic heterocycles. The molecular formula is C28H30N6O2S. The molecule has 3 heterocycles. The Labute approximate surface area is 219 Å². The molecule has 0 bridgehead atoms. The summed E-state index contributed by atoms with van der Waals surface area (Å²) in [5.41, 5.74) is 4.13. The molecule has 0 aliphatic heterocycles. The van der Waals surface area contributed by atoms with E-state index in [4.69, 9.17) is 4.74 Å². The number of para-hydroxylation sites is 2. The van der Waals surface area contributed by atoms with Crippen molar-refractivity contribution in [2.24, 2.45) is 0 Å². The molecule has 4 N–H and O–H groups in total. The predicted octanol–water partition coefficient (Wildman–Crippen LogP) is 4.93. The molecule has 0 unspecified atom stereocenters. The molecule has 0 radical (unpaired) electrons. The summed E-state index contributed by atoms with van der Waals surface area (Å²) in [6, 6.07) is 18.3. The zero-order chi connectivity index (χ0) is 25.7. The number of ether oxygens (including phenoxy) is 1. The number of nitrogens with one attached hydrogen (secondary N) is 3. The Bertz CT molecular complexity index is 1460. The van der Waals surface area contributed by atoms with Crippen LogP contribution in [-0.2, 0) is 6.42 Å². The first-order valence-corrected chi connectivity index (χ1v) is 13.1. The fraction of sp³-hybridized carbons (Fsp3) is 0.250. The van der Waals surface area contributed by atoms with Gasteiger partial charge in [0.2, 0.25) is 0 Å². The van der Waals surface area contributed by atoms with Crippen molar-refractivity contribution >= 4 is 34.4 Å². The maximum Gasteiger partial charge on any atom is 0.197 e. The van der Waals surface area contributed by atoms with E-state index in [1.807, 2.05) is 48.6 Å². The zero-order valence-corrected chi connectivity index (χ0v) is 21.6. The quantitative estimate of drug-likeness (QED) is 0.199. The highest BCUT2D eigenvalue weighted by Crippen LogP contribution is 2.33. The van der Waals surface area contributed by atoms with E-state index in [2.05, 4.69) is 74.5 Å². The molecule has 5 aromatic rings. The van der Waals surface area contributed by atoms with Gasteiger partial charge in [-0.2, -0.15) is 5.21 Å².